The largest absolute Gasteiger partial charge is 0.351 e. The summed E-state index contributed by atoms with van der Waals surface area (Å²) in [6.45, 7) is 2.56. The van der Waals surface area contributed by atoms with Gasteiger partial charge < -0.3 is 10.6 Å². The number of carbonyl (C=O) groups is 2. The second kappa shape index (κ2) is 8.95. The molecule has 0 saturated carbocycles. The van der Waals surface area contributed by atoms with Crippen LogP contribution in [0.25, 0.3) is 0 Å². The van der Waals surface area contributed by atoms with Crippen molar-refractivity contribution in [3.63, 3.8) is 0 Å². The summed E-state index contributed by atoms with van der Waals surface area (Å²) in [5.74, 6) is -0.336. The highest BCUT2D eigenvalue weighted by molar-refractivity contribution is 14.1. The Labute approximate surface area is 161 Å². The van der Waals surface area contributed by atoms with Crippen LogP contribution in [0.3, 0.4) is 0 Å². The van der Waals surface area contributed by atoms with Gasteiger partial charge in [-0.3, -0.25) is 14.5 Å². The molecular formula is C16H22IN3O4S. The zero-order chi connectivity index (χ0) is 18.4. The molecule has 0 bridgehead atoms. The van der Waals surface area contributed by atoms with Crippen LogP contribution < -0.4 is 10.6 Å². The van der Waals surface area contributed by atoms with Crippen LogP contribution in [-0.2, 0) is 19.4 Å². The molecule has 1 heterocycles. The van der Waals surface area contributed by atoms with E-state index in [1.807, 2.05) is 31.2 Å². The fourth-order valence-electron chi connectivity index (χ4n) is 2.60. The van der Waals surface area contributed by atoms with Crippen LogP contribution in [0, 0.1) is 3.57 Å². The van der Waals surface area contributed by atoms with E-state index >= 15 is 0 Å². The first-order chi connectivity index (χ1) is 11.8. The molecule has 2 amide bonds. The number of nitrogens with zero attached hydrogens (tertiary/aromatic N) is 1. The third-order valence-electron chi connectivity index (χ3n) is 3.91. The van der Waals surface area contributed by atoms with Gasteiger partial charge in [0.25, 0.3) is 0 Å². The van der Waals surface area contributed by atoms with Crippen molar-refractivity contribution in [3.8, 4) is 0 Å². The maximum absolute atomic E-state index is 12.1. The Morgan fingerprint density at radius 2 is 1.84 bits per heavy atom. The Bertz CT molecular complexity index is 721. The van der Waals surface area contributed by atoms with Crippen LogP contribution in [0.4, 0.5) is 5.69 Å². The molecule has 138 valence electrons. The lowest BCUT2D eigenvalue weighted by molar-refractivity contribution is -0.123. The number of sulfone groups is 1. The quantitative estimate of drug-likeness (QED) is 0.566. The molecule has 9 heteroatoms. The normalized spacial score (nSPS) is 18.9. The van der Waals surface area contributed by atoms with Crippen molar-refractivity contribution in [3.05, 3.63) is 27.8 Å². The molecular weight excluding hydrogens is 457 g/mol. The topological polar surface area (TPSA) is 95.6 Å². The van der Waals surface area contributed by atoms with Crippen molar-refractivity contribution >= 4 is 49.9 Å². The molecule has 1 aliphatic rings. The van der Waals surface area contributed by atoms with E-state index in [1.54, 1.807) is 4.90 Å². The van der Waals surface area contributed by atoms with Gasteiger partial charge in [-0.2, -0.15) is 0 Å². The van der Waals surface area contributed by atoms with Gasteiger partial charge in [0.05, 0.1) is 24.6 Å². The summed E-state index contributed by atoms with van der Waals surface area (Å²) in [7, 11) is -3.02. The molecule has 1 aliphatic heterocycles. The van der Waals surface area contributed by atoms with Gasteiger partial charge >= 0.3 is 0 Å². The van der Waals surface area contributed by atoms with Crippen molar-refractivity contribution in [1.29, 1.82) is 0 Å². The smallest absolute Gasteiger partial charge is 0.238 e. The van der Waals surface area contributed by atoms with Gasteiger partial charge in [0.1, 0.15) is 0 Å². The number of amides is 2. The lowest BCUT2D eigenvalue weighted by Crippen LogP contribution is -2.44. The average molecular weight is 479 g/mol. The zero-order valence-corrected chi connectivity index (χ0v) is 17.0. The van der Waals surface area contributed by atoms with Gasteiger partial charge in [0, 0.05) is 15.3 Å². The van der Waals surface area contributed by atoms with E-state index in [0.717, 1.165) is 3.57 Å². The molecule has 0 aliphatic carbocycles. The molecule has 0 radical (unpaired) electrons. The lowest BCUT2D eigenvalue weighted by Gasteiger charge is -2.20. The third kappa shape index (κ3) is 6.90. The van der Waals surface area contributed by atoms with E-state index in [1.165, 1.54) is 0 Å². The summed E-state index contributed by atoms with van der Waals surface area (Å²) < 4.78 is 23.9. The van der Waals surface area contributed by atoms with Crippen molar-refractivity contribution in [2.45, 2.75) is 19.4 Å². The number of hydrogen-bond donors (Lipinski definition) is 2. The molecule has 1 fully saturated rings. The first-order valence-corrected chi connectivity index (χ1v) is 10.9. The number of nitrogens with one attached hydrogen (secondary N) is 2. The highest BCUT2D eigenvalue weighted by atomic mass is 127. The van der Waals surface area contributed by atoms with Crippen LogP contribution in [0.5, 0.6) is 0 Å². The van der Waals surface area contributed by atoms with Gasteiger partial charge in [0.2, 0.25) is 11.8 Å². The standard InChI is InChI=1S/C16H22IN3O4S/c1-2-20(9-15(21)18-13-5-3-12(17)4-6-13)10-16(22)19-14-7-8-25(23,24)11-14/h3-6,14H,2,7-11H2,1H3,(H,18,21)(H,19,22)/t14-/m0/s1. The maximum atomic E-state index is 12.1. The Morgan fingerprint density at radius 3 is 2.40 bits per heavy atom. The molecule has 25 heavy (non-hydrogen) atoms. The molecule has 2 N–H and O–H groups in total. The molecule has 1 atom stereocenters. The van der Waals surface area contributed by atoms with Gasteiger partial charge in [-0.15, -0.1) is 0 Å². The van der Waals surface area contributed by atoms with Crippen molar-refractivity contribution in [1.82, 2.24) is 10.2 Å². The van der Waals surface area contributed by atoms with E-state index in [-0.39, 0.29) is 42.5 Å². The summed E-state index contributed by atoms with van der Waals surface area (Å²) in [4.78, 5) is 25.9. The highest BCUT2D eigenvalue weighted by Gasteiger charge is 2.29. The third-order valence-corrected chi connectivity index (χ3v) is 6.39. The van der Waals surface area contributed by atoms with E-state index in [0.29, 0.717) is 18.7 Å². The SMILES string of the molecule is CCN(CC(=O)Nc1ccc(I)cc1)CC(=O)N[C@H]1CCS(=O)(=O)C1. The number of benzene rings is 1. The number of anilines is 1. The molecule has 0 spiro atoms. The first-order valence-electron chi connectivity index (χ1n) is 8.05. The molecule has 1 aromatic carbocycles. The number of carbonyl (C=O) groups excluding carboxylic acids is 2. The Kier molecular flexibility index (Phi) is 7.20. The van der Waals surface area contributed by atoms with Gasteiger partial charge in [-0.05, 0) is 59.8 Å². The molecule has 0 unspecified atom stereocenters. The molecule has 2 rings (SSSR count). The van der Waals surface area contributed by atoms with Crippen LogP contribution in [0.15, 0.2) is 24.3 Å². The second-order valence-electron chi connectivity index (χ2n) is 6.03. The zero-order valence-electron chi connectivity index (χ0n) is 14.0. The van der Waals surface area contributed by atoms with Crippen LogP contribution in [-0.4, -0.2) is 62.3 Å². The molecule has 0 aromatic heterocycles. The second-order valence-corrected chi connectivity index (χ2v) is 9.50. The van der Waals surface area contributed by atoms with Crippen LogP contribution in [0.2, 0.25) is 0 Å². The maximum Gasteiger partial charge on any atom is 0.238 e. The Balaban J connectivity index is 1.79. The fourth-order valence-corrected chi connectivity index (χ4v) is 4.63. The van der Waals surface area contributed by atoms with E-state index < -0.39 is 9.84 Å². The minimum absolute atomic E-state index is 0.00183. The minimum atomic E-state index is -3.02. The Morgan fingerprint density at radius 1 is 1.20 bits per heavy atom. The summed E-state index contributed by atoms with van der Waals surface area (Å²) in [6, 6.07) is 7.12. The van der Waals surface area contributed by atoms with E-state index in [2.05, 4.69) is 33.2 Å². The number of rotatable bonds is 7. The number of likely N-dealkylation sites (N-methyl/N-ethyl adjacent to an activating group) is 1. The average Bonchev–Trinajstić information content (AvgIpc) is 2.87. The van der Waals surface area contributed by atoms with Crippen LogP contribution >= 0.6 is 22.6 Å². The monoisotopic (exact) mass is 479 g/mol. The van der Waals surface area contributed by atoms with Crippen LogP contribution in [0.1, 0.15) is 13.3 Å². The summed E-state index contributed by atoms with van der Waals surface area (Å²) in [5.41, 5.74) is 0.710. The fraction of sp³-hybridized carbons (Fsp3) is 0.500. The lowest BCUT2D eigenvalue weighted by atomic mass is 10.2. The molecule has 1 aromatic rings. The van der Waals surface area contributed by atoms with Gasteiger partial charge in [-0.25, -0.2) is 8.42 Å². The van der Waals surface area contributed by atoms with Crippen molar-refractivity contribution < 1.29 is 18.0 Å². The van der Waals surface area contributed by atoms with Crippen molar-refractivity contribution in [2.24, 2.45) is 0 Å². The molecule has 7 nitrogen and oxygen atoms in total. The van der Waals surface area contributed by atoms with Gasteiger partial charge in [-0.1, -0.05) is 6.92 Å². The Hall–Kier alpha value is -1.20. The van der Waals surface area contributed by atoms with Crippen molar-refractivity contribution in [2.75, 3.05) is 36.5 Å². The predicted molar refractivity (Wildman–Crippen MR) is 105 cm³/mol. The summed E-state index contributed by atoms with van der Waals surface area (Å²) in [6.07, 6.45) is 0.452. The predicted octanol–water partition coefficient (Wildman–Crippen LogP) is 0.855. The summed E-state index contributed by atoms with van der Waals surface area (Å²) in [5, 5.41) is 5.53. The van der Waals surface area contributed by atoms with Gasteiger partial charge in [0.15, 0.2) is 9.84 Å². The van der Waals surface area contributed by atoms with E-state index in [4.69, 9.17) is 0 Å². The summed E-state index contributed by atoms with van der Waals surface area (Å²) >= 11 is 2.19. The molecule has 1 saturated heterocycles. The first kappa shape index (κ1) is 20.1. The van der Waals surface area contributed by atoms with E-state index in [9.17, 15) is 18.0 Å². The number of hydrogen-bond acceptors (Lipinski definition) is 5. The number of halogens is 1. The minimum Gasteiger partial charge on any atom is -0.351 e. The highest BCUT2D eigenvalue weighted by Crippen LogP contribution is 2.12.